The Balaban J connectivity index is 1.53. The summed E-state index contributed by atoms with van der Waals surface area (Å²) in [7, 11) is 0. The fraction of sp³-hybridized carbons (Fsp3) is 0.429. The van der Waals surface area contributed by atoms with E-state index < -0.39 is 23.3 Å². The number of nitrogens with one attached hydrogen (secondary N) is 1. The Morgan fingerprint density at radius 3 is 2.36 bits per heavy atom. The van der Waals surface area contributed by atoms with Gasteiger partial charge in [-0.2, -0.15) is 13.2 Å². The number of aryl methyl sites for hydroxylation is 2. The lowest BCUT2D eigenvalue weighted by atomic mass is 9.99. The summed E-state index contributed by atoms with van der Waals surface area (Å²) >= 11 is 0. The normalized spacial score (nSPS) is 16.2. The van der Waals surface area contributed by atoms with Gasteiger partial charge in [0.2, 0.25) is 0 Å². The molecule has 4 aromatic rings. The predicted octanol–water partition coefficient (Wildman–Crippen LogP) is 4.82. The molecule has 39 heavy (non-hydrogen) atoms. The van der Waals surface area contributed by atoms with E-state index in [4.69, 9.17) is 0 Å². The fourth-order valence-electron chi connectivity index (χ4n) is 5.20. The van der Waals surface area contributed by atoms with Crippen LogP contribution in [0.2, 0.25) is 0 Å². The Bertz CT molecular complexity index is 1560. The Hall–Kier alpha value is -3.73. The molecule has 8 nitrogen and oxygen atoms in total. The number of nitrogens with zero attached hydrogens (tertiary/aromatic N) is 6. The predicted molar refractivity (Wildman–Crippen MR) is 144 cm³/mol. The second kappa shape index (κ2) is 9.78. The van der Waals surface area contributed by atoms with Crippen LogP contribution in [0.1, 0.15) is 54.9 Å². The van der Waals surface area contributed by atoms with Crippen molar-refractivity contribution in [2.45, 2.75) is 52.4 Å². The molecule has 3 heterocycles. The number of fused-ring (bicyclic) bond motifs is 1. The zero-order chi connectivity index (χ0) is 28.1. The number of aromatic nitrogens is 5. The number of halogens is 3. The maximum absolute atomic E-state index is 13.6. The molecule has 1 aliphatic heterocycles. The van der Waals surface area contributed by atoms with E-state index in [1.54, 1.807) is 10.7 Å². The number of anilines is 1. The highest BCUT2D eigenvalue weighted by atomic mass is 19.4. The highest BCUT2D eigenvalue weighted by Gasteiger charge is 2.36. The molecular formula is C28H32F3N7O. The first kappa shape index (κ1) is 26.9. The first-order chi connectivity index (χ1) is 18.3. The molecule has 1 atom stereocenters. The number of benzene rings is 2. The summed E-state index contributed by atoms with van der Waals surface area (Å²) in [5.74, 6) is 0.545. The van der Waals surface area contributed by atoms with Crippen molar-refractivity contribution in [2.24, 2.45) is 0 Å². The highest BCUT2D eigenvalue weighted by Crippen LogP contribution is 2.34. The molecule has 0 spiro atoms. The molecule has 2 aromatic carbocycles. The summed E-state index contributed by atoms with van der Waals surface area (Å²) in [4.78, 5) is 20.7. The van der Waals surface area contributed by atoms with Gasteiger partial charge in [0.15, 0.2) is 5.82 Å². The number of alkyl halides is 3. The van der Waals surface area contributed by atoms with Crippen molar-refractivity contribution in [3.8, 4) is 0 Å². The third kappa shape index (κ3) is 5.15. The smallest absolute Gasteiger partial charge is 0.369 e. The molecule has 0 bridgehead atoms. The highest BCUT2D eigenvalue weighted by molar-refractivity contribution is 5.83. The van der Waals surface area contributed by atoms with Crippen LogP contribution in [0.25, 0.3) is 10.9 Å². The van der Waals surface area contributed by atoms with Crippen molar-refractivity contribution in [3.05, 3.63) is 80.9 Å². The summed E-state index contributed by atoms with van der Waals surface area (Å²) in [5, 5.41) is 13.5. The quantitative estimate of drug-likeness (QED) is 0.401. The molecule has 206 valence electrons. The van der Waals surface area contributed by atoms with Crippen LogP contribution in [0.5, 0.6) is 0 Å². The zero-order valence-corrected chi connectivity index (χ0v) is 22.7. The lowest BCUT2D eigenvalue weighted by molar-refractivity contribution is -0.137. The van der Waals surface area contributed by atoms with Gasteiger partial charge in [0, 0.05) is 37.4 Å². The summed E-state index contributed by atoms with van der Waals surface area (Å²) in [5.41, 5.74) is 2.63. The van der Waals surface area contributed by atoms with E-state index in [0.717, 1.165) is 28.1 Å². The summed E-state index contributed by atoms with van der Waals surface area (Å²) in [6.07, 6.45) is -4.40. The SMILES string of the molecule is Cc1ccc2cc([C@@H](c3nnnn3C(C)(C)C)N3CCN(c4cccc(C(F)(F)F)c4)CC3)c(=O)[nH]c2c1C. The zero-order valence-electron chi connectivity index (χ0n) is 22.7. The van der Waals surface area contributed by atoms with Gasteiger partial charge in [-0.3, -0.25) is 9.69 Å². The molecule has 0 aliphatic carbocycles. The topological polar surface area (TPSA) is 82.9 Å². The number of H-pyrrole nitrogens is 1. The molecule has 0 unspecified atom stereocenters. The number of piperazine rings is 1. The van der Waals surface area contributed by atoms with E-state index in [1.807, 2.05) is 57.7 Å². The van der Waals surface area contributed by atoms with E-state index >= 15 is 0 Å². The number of hydrogen-bond acceptors (Lipinski definition) is 6. The summed E-state index contributed by atoms with van der Waals surface area (Å²) < 4.78 is 41.6. The van der Waals surface area contributed by atoms with Gasteiger partial charge in [-0.25, -0.2) is 4.68 Å². The number of tetrazole rings is 1. The largest absolute Gasteiger partial charge is 0.416 e. The fourth-order valence-corrected chi connectivity index (χ4v) is 5.20. The lowest BCUT2D eigenvalue weighted by Crippen LogP contribution is -2.49. The van der Waals surface area contributed by atoms with Crippen LogP contribution < -0.4 is 10.5 Å². The van der Waals surface area contributed by atoms with Crippen molar-refractivity contribution in [1.29, 1.82) is 0 Å². The molecule has 0 amide bonds. The molecule has 0 radical (unpaired) electrons. The van der Waals surface area contributed by atoms with Crippen molar-refractivity contribution >= 4 is 16.6 Å². The van der Waals surface area contributed by atoms with Crippen molar-refractivity contribution in [2.75, 3.05) is 31.1 Å². The number of aromatic amines is 1. The van der Waals surface area contributed by atoms with Crippen molar-refractivity contribution < 1.29 is 13.2 Å². The first-order valence-corrected chi connectivity index (χ1v) is 12.9. The van der Waals surface area contributed by atoms with Gasteiger partial charge < -0.3 is 9.88 Å². The molecular weight excluding hydrogens is 507 g/mol. The van der Waals surface area contributed by atoms with E-state index in [9.17, 15) is 18.0 Å². The van der Waals surface area contributed by atoms with E-state index in [-0.39, 0.29) is 5.56 Å². The van der Waals surface area contributed by atoms with E-state index in [1.165, 1.54) is 12.1 Å². The van der Waals surface area contributed by atoms with Crippen LogP contribution in [0.4, 0.5) is 18.9 Å². The van der Waals surface area contributed by atoms with Crippen LogP contribution in [0.3, 0.4) is 0 Å². The van der Waals surface area contributed by atoms with E-state index in [2.05, 4.69) is 25.4 Å². The average Bonchev–Trinajstić information content (AvgIpc) is 3.38. The van der Waals surface area contributed by atoms with Crippen molar-refractivity contribution in [1.82, 2.24) is 30.1 Å². The minimum atomic E-state index is -4.40. The molecule has 1 N–H and O–H groups in total. The Kier molecular flexibility index (Phi) is 6.74. The van der Waals surface area contributed by atoms with Gasteiger partial charge in [0.25, 0.3) is 5.56 Å². The van der Waals surface area contributed by atoms with Gasteiger partial charge in [-0.05, 0) is 85.8 Å². The molecule has 0 saturated carbocycles. The number of pyridine rings is 1. The van der Waals surface area contributed by atoms with Gasteiger partial charge in [-0.1, -0.05) is 18.2 Å². The molecule has 5 rings (SSSR count). The van der Waals surface area contributed by atoms with Crippen LogP contribution >= 0.6 is 0 Å². The Morgan fingerprint density at radius 2 is 1.69 bits per heavy atom. The second-order valence-corrected chi connectivity index (χ2v) is 11.1. The first-order valence-electron chi connectivity index (χ1n) is 12.9. The van der Waals surface area contributed by atoms with Gasteiger partial charge in [-0.15, -0.1) is 5.10 Å². The molecule has 2 aromatic heterocycles. The Labute approximate surface area is 224 Å². The maximum atomic E-state index is 13.6. The number of hydrogen-bond donors (Lipinski definition) is 1. The van der Waals surface area contributed by atoms with Gasteiger partial charge in [0.05, 0.1) is 16.6 Å². The summed E-state index contributed by atoms with van der Waals surface area (Å²) in [6, 6.07) is 10.8. The standard InChI is InChI=1S/C28H32F3N7O/c1-17-9-10-19-15-22(26(39)32-23(19)18(17)2)24(25-33-34-35-38(25)27(3,4)5)37-13-11-36(12-14-37)21-8-6-7-20(16-21)28(29,30)31/h6-10,15-16,24H,11-14H2,1-5H3,(H,32,39)/t24-/m0/s1. The molecule has 1 saturated heterocycles. The maximum Gasteiger partial charge on any atom is 0.416 e. The van der Waals surface area contributed by atoms with E-state index in [0.29, 0.717) is 43.3 Å². The molecule has 11 heteroatoms. The third-order valence-corrected chi connectivity index (χ3v) is 7.47. The van der Waals surface area contributed by atoms with Crippen LogP contribution in [-0.4, -0.2) is 56.3 Å². The van der Waals surface area contributed by atoms with Gasteiger partial charge in [0.1, 0.15) is 6.04 Å². The Morgan fingerprint density at radius 1 is 0.974 bits per heavy atom. The number of rotatable bonds is 4. The minimum absolute atomic E-state index is 0.218. The van der Waals surface area contributed by atoms with Crippen LogP contribution in [-0.2, 0) is 11.7 Å². The van der Waals surface area contributed by atoms with Crippen LogP contribution in [0.15, 0.2) is 47.3 Å². The molecule has 1 fully saturated rings. The average molecular weight is 540 g/mol. The lowest BCUT2D eigenvalue weighted by Gasteiger charge is -2.40. The van der Waals surface area contributed by atoms with Crippen molar-refractivity contribution in [3.63, 3.8) is 0 Å². The van der Waals surface area contributed by atoms with Crippen LogP contribution in [0, 0.1) is 13.8 Å². The second-order valence-electron chi connectivity index (χ2n) is 11.1. The van der Waals surface area contributed by atoms with Gasteiger partial charge >= 0.3 is 6.18 Å². The molecule has 1 aliphatic rings. The summed E-state index contributed by atoms with van der Waals surface area (Å²) in [6.45, 7) is 11.9. The minimum Gasteiger partial charge on any atom is -0.369 e. The monoisotopic (exact) mass is 539 g/mol. The third-order valence-electron chi connectivity index (χ3n) is 7.47.